The maximum atomic E-state index is 13.7. The first kappa shape index (κ1) is 40.6. The Bertz CT molecular complexity index is 1700. The fraction of sp³-hybridized carbons (Fsp3) is 0.514. The summed E-state index contributed by atoms with van der Waals surface area (Å²) >= 11 is 1.35. The number of carbonyl (C=O) groups excluding carboxylic acids is 5. The highest BCUT2D eigenvalue weighted by Gasteiger charge is 2.41. The number of benzene rings is 2. The molecule has 0 aromatic heterocycles. The minimum Gasteiger partial charge on any atom is -0.484 e. The van der Waals surface area contributed by atoms with Crippen molar-refractivity contribution in [3.63, 3.8) is 0 Å². The predicted octanol–water partition coefficient (Wildman–Crippen LogP) is -0.0282. The third kappa shape index (κ3) is 12.2. The van der Waals surface area contributed by atoms with E-state index in [0.717, 1.165) is 6.26 Å². The molecule has 4 N–H and O–H groups in total. The molecule has 2 heterocycles. The number of amides is 5. The molecule has 4 atom stereocenters. The van der Waals surface area contributed by atoms with Crippen LogP contribution >= 0.6 is 11.8 Å². The largest absolute Gasteiger partial charge is 0.484 e. The molecule has 0 radical (unpaired) electrons. The molecule has 15 nitrogen and oxygen atoms in total. The van der Waals surface area contributed by atoms with Gasteiger partial charge in [0.25, 0.3) is 17.7 Å². The maximum absolute atomic E-state index is 13.7. The van der Waals surface area contributed by atoms with E-state index in [1.807, 2.05) is 20.8 Å². The van der Waals surface area contributed by atoms with Gasteiger partial charge in [0.05, 0.1) is 30.9 Å². The second-order valence-electron chi connectivity index (χ2n) is 13.7. The van der Waals surface area contributed by atoms with Gasteiger partial charge in [0, 0.05) is 36.2 Å². The molecule has 2 saturated heterocycles. The molecule has 5 amide bonds. The van der Waals surface area contributed by atoms with Crippen molar-refractivity contribution in [3.05, 3.63) is 65.7 Å². The van der Waals surface area contributed by atoms with Crippen LogP contribution in [-0.4, -0.2) is 139 Å². The summed E-state index contributed by atoms with van der Waals surface area (Å²) in [5.74, 6) is -3.29. The number of ether oxygens (including phenoxy) is 2. The van der Waals surface area contributed by atoms with Gasteiger partial charge < -0.3 is 40.3 Å². The number of aliphatic hydroxyl groups excluding tert-OH is 1. The molecule has 0 saturated carbocycles. The minimum absolute atomic E-state index is 0.0263. The first-order valence-corrected chi connectivity index (χ1v) is 20.0. The van der Waals surface area contributed by atoms with Gasteiger partial charge in [-0.1, -0.05) is 36.4 Å². The number of rotatable bonds is 14. The highest BCUT2D eigenvalue weighted by atomic mass is 32.2. The minimum atomic E-state index is -3.84. The van der Waals surface area contributed by atoms with Gasteiger partial charge in [-0.25, -0.2) is 8.42 Å². The van der Waals surface area contributed by atoms with Gasteiger partial charge in [-0.2, -0.15) is 0 Å². The molecule has 2 aliphatic heterocycles. The Hall–Kier alpha value is -4.19. The summed E-state index contributed by atoms with van der Waals surface area (Å²) in [4.78, 5) is 69.2. The van der Waals surface area contributed by atoms with Crippen LogP contribution in [0.5, 0.6) is 5.75 Å². The molecule has 0 bridgehead atoms. The Labute approximate surface area is 308 Å². The van der Waals surface area contributed by atoms with Crippen LogP contribution in [0.25, 0.3) is 0 Å². The lowest BCUT2D eigenvalue weighted by molar-refractivity contribution is -0.147. The van der Waals surface area contributed by atoms with Crippen molar-refractivity contribution >= 4 is 51.1 Å². The fourth-order valence-corrected chi connectivity index (χ4v) is 7.61. The first-order chi connectivity index (χ1) is 24.5. The van der Waals surface area contributed by atoms with Crippen LogP contribution < -0.4 is 20.7 Å². The molecule has 2 aromatic carbocycles. The van der Waals surface area contributed by atoms with E-state index in [9.17, 15) is 37.5 Å². The molecule has 17 heteroatoms. The topological polar surface area (TPSA) is 201 Å². The summed E-state index contributed by atoms with van der Waals surface area (Å²) in [6.45, 7) is 6.57. The number of nitrogens with zero attached hydrogens (tertiary/aromatic N) is 2. The molecule has 284 valence electrons. The molecule has 52 heavy (non-hydrogen) atoms. The molecule has 0 spiro atoms. The number of sulfone groups is 1. The van der Waals surface area contributed by atoms with Crippen molar-refractivity contribution in [2.75, 3.05) is 56.5 Å². The van der Waals surface area contributed by atoms with Crippen LogP contribution in [0.4, 0.5) is 0 Å². The molecule has 2 aromatic rings. The van der Waals surface area contributed by atoms with E-state index >= 15 is 0 Å². The number of carbonyl (C=O) groups is 5. The highest BCUT2D eigenvalue weighted by molar-refractivity contribution is 7.99. The Morgan fingerprint density at radius 2 is 1.71 bits per heavy atom. The van der Waals surface area contributed by atoms with E-state index in [4.69, 9.17) is 9.47 Å². The van der Waals surface area contributed by atoms with Crippen LogP contribution in [0.3, 0.4) is 0 Å². The zero-order valence-corrected chi connectivity index (χ0v) is 31.3. The van der Waals surface area contributed by atoms with Crippen molar-refractivity contribution in [2.45, 2.75) is 57.0 Å². The number of morpholine rings is 1. The quantitative estimate of drug-likeness (QED) is 0.202. The van der Waals surface area contributed by atoms with Crippen LogP contribution in [0.2, 0.25) is 0 Å². The Morgan fingerprint density at radius 3 is 2.37 bits per heavy atom. The molecule has 4 rings (SSSR count). The number of hydrogen-bond donors (Lipinski definition) is 4. The summed E-state index contributed by atoms with van der Waals surface area (Å²) in [5, 5.41) is 19.3. The zero-order chi connectivity index (χ0) is 38.1. The summed E-state index contributed by atoms with van der Waals surface area (Å²) in [6, 6.07) is 11.2. The normalized spacial score (nSPS) is 18.1. The van der Waals surface area contributed by atoms with E-state index in [1.165, 1.54) is 22.7 Å². The predicted molar refractivity (Wildman–Crippen MR) is 194 cm³/mol. The van der Waals surface area contributed by atoms with Crippen molar-refractivity contribution in [1.29, 1.82) is 0 Å². The van der Waals surface area contributed by atoms with Gasteiger partial charge in [-0.3, -0.25) is 24.0 Å². The van der Waals surface area contributed by atoms with Crippen molar-refractivity contribution in [2.24, 2.45) is 0 Å². The highest BCUT2D eigenvalue weighted by Crippen LogP contribution is 2.24. The van der Waals surface area contributed by atoms with Crippen molar-refractivity contribution < 1.29 is 47.0 Å². The number of aliphatic hydroxyl groups is 1. The van der Waals surface area contributed by atoms with E-state index in [1.54, 1.807) is 53.4 Å². The molecule has 2 aliphatic rings. The first-order valence-electron chi connectivity index (χ1n) is 16.8. The fourth-order valence-electron chi connectivity index (χ4n) is 5.60. The standard InChI is InChI=1S/C35H47N5O10S2/c1-35(2,3)38-32(44)28-20-51-22-40(28)34(46)30(42)26(17-23-9-6-5-7-10-23)37-31(43)27(21-52(4,47)48)36-29(41)19-50-25-12-8-11-24(18-25)33(45)39-13-15-49-16-14-39/h5-12,18,26-28,30,42H,13-17,19-22H2,1-4H3,(H,36,41)(H,37,43)(H,38,44)/t26-,27-,28-,30-/m0/s1. The lowest BCUT2D eigenvalue weighted by Crippen LogP contribution is -2.60. The lowest BCUT2D eigenvalue weighted by Gasteiger charge is -2.32. The van der Waals surface area contributed by atoms with Gasteiger partial charge in [0.2, 0.25) is 11.8 Å². The summed E-state index contributed by atoms with van der Waals surface area (Å²) in [5.41, 5.74) is 0.446. The average molecular weight is 762 g/mol. The monoisotopic (exact) mass is 761 g/mol. The molecule has 0 aliphatic carbocycles. The number of hydrogen-bond acceptors (Lipinski definition) is 11. The van der Waals surface area contributed by atoms with E-state index in [0.29, 0.717) is 43.2 Å². The van der Waals surface area contributed by atoms with Crippen LogP contribution in [0.15, 0.2) is 54.6 Å². The molecular weight excluding hydrogens is 715 g/mol. The third-order valence-corrected chi connectivity index (χ3v) is 10.0. The Kier molecular flexibility index (Phi) is 14.1. The average Bonchev–Trinajstić information content (AvgIpc) is 3.59. The van der Waals surface area contributed by atoms with Crippen molar-refractivity contribution in [1.82, 2.24) is 25.8 Å². The molecule has 0 unspecified atom stereocenters. The number of thioether (sulfide) groups is 1. The second kappa shape index (κ2) is 18.0. The van der Waals surface area contributed by atoms with Gasteiger partial charge in [-0.15, -0.1) is 11.8 Å². The van der Waals surface area contributed by atoms with Crippen LogP contribution in [-0.2, 0) is 40.2 Å². The third-order valence-electron chi connectivity index (χ3n) is 8.10. The zero-order valence-electron chi connectivity index (χ0n) is 29.7. The van der Waals surface area contributed by atoms with Crippen LogP contribution in [0, 0.1) is 0 Å². The molecular formula is C35H47N5O10S2. The smallest absolute Gasteiger partial charge is 0.258 e. The molecule has 2 fully saturated rings. The summed E-state index contributed by atoms with van der Waals surface area (Å²) < 4.78 is 35.6. The summed E-state index contributed by atoms with van der Waals surface area (Å²) in [6.07, 6.45) is -0.944. The Balaban J connectivity index is 1.47. The second-order valence-corrected chi connectivity index (χ2v) is 16.9. The SMILES string of the molecule is CC(C)(C)NC(=O)[C@@H]1CSCN1C(=O)[C@@H](O)[C@H](Cc1ccccc1)NC(=O)[C@H](CS(C)(=O)=O)NC(=O)COc1cccc(C(=O)N2CCOCC2)c1. The Morgan fingerprint density at radius 1 is 1.02 bits per heavy atom. The van der Waals surface area contributed by atoms with Crippen molar-refractivity contribution in [3.8, 4) is 5.75 Å². The van der Waals surface area contributed by atoms with Gasteiger partial charge in [-0.05, 0) is 51.0 Å². The number of nitrogens with one attached hydrogen (secondary N) is 3. The van der Waals surface area contributed by atoms with E-state index < -0.39 is 69.7 Å². The van der Waals surface area contributed by atoms with Gasteiger partial charge in [0.1, 0.15) is 27.7 Å². The lowest BCUT2D eigenvalue weighted by atomic mass is 9.99. The van der Waals surface area contributed by atoms with Gasteiger partial charge in [0.15, 0.2) is 12.7 Å². The van der Waals surface area contributed by atoms with Gasteiger partial charge >= 0.3 is 0 Å². The van der Waals surface area contributed by atoms with E-state index in [-0.39, 0.29) is 29.9 Å². The van der Waals surface area contributed by atoms with Crippen LogP contribution in [0.1, 0.15) is 36.7 Å². The maximum Gasteiger partial charge on any atom is 0.258 e. The summed E-state index contributed by atoms with van der Waals surface area (Å²) in [7, 11) is -3.84. The van der Waals surface area contributed by atoms with E-state index in [2.05, 4.69) is 16.0 Å².